The van der Waals surface area contributed by atoms with Crippen LogP contribution in [0, 0.1) is 11.7 Å². The van der Waals surface area contributed by atoms with Crippen LogP contribution in [-0.2, 0) is 18.4 Å². The molecule has 0 N–H and O–H groups in total. The highest BCUT2D eigenvalue weighted by atomic mass is 19.1. The molecule has 152 valence electrons. The number of aryl methyl sites for hydroxylation is 1. The molecule has 0 aliphatic heterocycles. The molecule has 0 aliphatic carbocycles. The molecule has 5 nitrogen and oxygen atoms in total. The van der Waals surface area contributed by atoms with Gasteiger partial charge in [0.25, 0.3) is 5.91 Å². The third-order valence-electron chi connectivity index (χ3n) is 4.52. The number of aromatic nitrogens is 1. The van der Waals surface area contributed by atoms with Crippen molar-refractivity contribution in [2.75, 3.05) is 19.6 Å². The molecule has 0 bridgehead atoms. The fourth-order valence-electron chi connectivity index (χ4n) is 3.14. The lowest BCUT2D eigenvalue weighted by molar-refractivity contribution is -0.133. The number of amides is 2. The van der Waals surface area contributed by atoms with Gasteiger partial charge in [-0.05, 0) is 42.7 Å². The Labute approximate surface area is 166 Å². The zero-order valence-electron chi connectivity index (χ0n) is 17.2. The van der Waals surface area contributed by atoms with E-state index in [9.17, 15) is 14.0 Å². The van der Waals surface area contributed by atoms with Crippen LogP contribution in [0.15, 0.2) is 42.6 Å². The second-order valence-corrected chi connectivity index (χ2v) is 7.52. The lowest BCUT2D eigenvalue weighted by Gasteiger charge is -2.29. The monoisotopic (exact) mass is 387 g/mol. The van der Waals surface area contributed by atoms with Crippen molar-refractivity contribution >= 4 is 11.8 Å². The Bertz CT molecular complexity index is 801. The first-order valence-electron chi connectivity index (χ1n) is 9.74. The largest absolute Gasteiger partial charge is 0.353 e. The Hall–Kier alpha value is -2.63. The van der Waals surface area contributed by atoms with Gasteiger partial charge in [-0.15, -0.1) is 0 Å². The summed E-state index contributed by atoms with van der Waals surface area (Å²) >= 11 is 0. The van der Waals surface area contributed by atoms with E-state index in [1.54, 1.807) is 11.0 Å². The van der Waals surface area contributed by atoms with Gasteiger partial charge in [-0.25, -0.2) is 4.39 Å². The quantitative estimate of drug-likeness (QED) is 0.659. The molecule has 0 saturated heterocycles. The Morgan fingerprint density at radius 2 is 1.89 bits per heavy atom. The van der Waals surface area contributed by atoms with Crippen molar-refractivity contribution in [2.45, 2.75) is 33.7 Å². The van der Waals surface area contributed by atoms with Crippen LogP contribution in [0.25, 0.3) is 0 Å². The number of benzene rings is 1. The van der Waals surface area contributed by atoms with Gasteiger partial charge in [-0.3, -0.25) is 9.59 Å². The molecule has 0 saturated carbocycles. The van der Waals surface area contributed by atoms with E-state index in [2.05, 4.69) is 13.8 Å². The third kappa shape index (κ3) is 5.94. The number of hydrogen-bond acceptors (Lipinski definition) is 2. The van der Waals surface area contributed by atoms with Crippen LogP contribution in [0.2, 0.25) is 0 Å². The normalized spacial score (nSPS) is 10.9. The molecule has 6 heteroatoms. The Morgan fingerprint density at radius 1 is 1.14 bits per heavy atom. The summed E-state index contributed by atoms with van der Waals surface area (Å²) in [4.78, 5) is 29.2. The maximum atomic E-state index is 13.5. The molecule has 0 radical (unpaired) electrons. The van der Waals surface area contributed by atoms with Gasteiger partial charge in [-0.1, -0.05) is 26.8 Å². The van der Waals surface area contributed by atoms with E-state index in [1.165, 1.54) is 23.1 Å². The molecule has 0 fully saturated rings. The maximum absolute atomic E-state index is 13.5. The van der Waals surface area contributed by atoms with Crippen LogP contribution in [0.3, 0.4) is 0 Å². The SMILES string of the molecule is CCCN(CC(=O)N(Cc1cccn1C)CC(C)C)C(=O)c1cccc(F)c1. The van der Waals surface area contributed by atoms with Crippen molar-refractivity contribution in [3.8, 4) is 0 Å². The minimum Gasteiger partial charge on any atom is -0.353 e. The van der Waals surface area contributed by atoms with Crippen molar-refractivity contribution in [3.63, 3.8) is 0 Å². The topological polar surface area (TPSA) is 45.6 Å². The van der Waals surface area contributed by atoms with Gasteiger partial charge in [-0.2, -0.15) is 0 Å². The second-order valence-electron chi connectivity index (χ2n) is 7.52. The van der Waals surface area contributed by atoms with E-state index in [4.69, 9.17) is 0 Å². The van der Waals surface area contributed by atoms with Crippen LogP contribution in [0.5, 0.6) is 0 Å². The molecule has 0 aliphatic rings. The van der Waals surface area contributed by atoms with E-state index in [1.807, 2.05) is 36.9 Å². The Kier molecular flexibility index (Phi) is 7.79. The molecule has 2 rings (SSSR count). The van der Waals surface area contributed by atoms with E-state index >= 15 is 0 Å². The Morgan fingerprint density at radius 3 is 2.46 bits per heavy atom. The molecule has 1 aromatic heterocycles. The van der Waals surface area contributed by atoms with Crippen molar-refractivity contribution < 1.29 is 14.0 Å². The second kappa shape index (κ2) is 10.1. The summed E-state index contributed by atoms with van der Waals surface area (Å²) in [5.41, 5.74) is 1.30. The number of carbonyl (C=O) groups is 2. The van der Waals surface area contributed by atoms with Gasteiger partial charge in [0.05, 0.1) is 6.54 Å². The van der Waals surface area contributed by atoms with Gasteiger partial charge in [0, 0.05) is 37.6 Å². The van der Waals surface area contributed by atoms with Crippen LogP contribution in [0.4, 0.5) is 4.39 Å². The fraction of sp³-hybridized carbons (Fsp3) is 0.455. The van der Waals surface area contributed by atoms with Gasteiger partial charge >= 0.3 is 0 Å². The summed E-state index contributed by atoms with van der Waals surface area (Å²) < 4.78 is 15.5. The molecule has 1 aromatic carbocycles. The molecule has 1 heterocycles. The van der Waals surface area contributed by atoms with E-state index < -0.39 is 5.82 Å². The summed E-state index contributed by atoms with van der Waals surface area (Å²) in [7, 11) is 1.95. The van der Waals surface area contributed by atoms with Crippen LogP contribution >= 0.6 is 0 Å². The summed E-state index contributed by atoms with van der Waals surface area (Å²) in [5.74, 6) is -0.576. The summed E-state index contributed by atoms with van der Waals surface area (Å²) in [5, 5.41) is 0. The average Bonchev–Trinajstić information content (AvgIpc) is 3.04. The van der Waals surface area contributed by atoms with Gasteiger partial charge < -0.3 is 14.4 Å². The highest BCUT2D eigenvalue weighted by molar-refractivity contribution is 5.96. The van der Waals surface area contributed by atoms with Crippen molar-refractivity contribution in [1.29, 1.82) is 0 Å². The van der Waals surface area contributed by atoms with Crippen LogP contribution < -0.4 is 0 Å². The summed E-state index contributed by atoms with van der Waals surface area (Å²) in [6.07, 6.45) is 2.67. The third-order valence-corrected chi connectivity index (χ3v) is 4.52. The highest BCUT2D eigenvalue weighted by Gasteiger charge is 2.23. The molecular weight excluding hydrogens is 357 g/mol. The highest BCUT2D eigenvalue weighted by Crippen LogP contribution is 2.12. The van der Waals surface area contributed by atoms with E-state index in [0.717, 1.165) is 12.1 Å². The first kappa shape index (κ1) is 21.7. The summed E-state index contributed by atoms with van der Waals surface area (Å²) in [6, 6.07) is 9.54. The molecular formula is C22H30FN3O2. The molecule has 0 atom stereocenters. The van der Waals surface area contributed by atoms with E-state index in [-0.39, 0.29) is 23.9 Å². The van der Waals surface area contributed by atoms with Crippen molar-refractivity contribution in [2.24, 2.45) is 13.0 Å². The number of rotatable bonds is 9. The predicted molar refractivity (Wildman–Crippen MR) is 108 cm³/mol. The predicted octanol–water partition coefficient (Wildman–Crippen LogP) is 3.70. The smallest absolute Gasteiger partial charge is 0.254 e. The lowest BCUT2D eigenvalue weighted by atomic mass is 10.1. The van der Waals surface area contributed by atoms with Gasteiger partial charge in [0.2, 0.25) is 5.91 Å². The molecule has 0 unspecified atom stereocenters. The molecule has 2 amide bonds. The Balaban J connectivity index is 2.16. The van der Waals surface area contributed by atoms with Gasteiger partial charge in [0.15, 0.2) is 0 Å². The number of carbonyl (C=O) groups excluding carboxylic acids is 2. The van der Waals surface area contributed by atoms with Crippen LogP contribution in [0.1, 0.15) is 43.2 Å². The zero-order valence-corrected chi connectivity index (χ0v) is 17.2. The average molecular weight is 387 g/mol. The minimum absolute atomic E-state index is 0.0136. The first-order chi connectivity index (χ1) is 13.3. The maximum Gasteiger partial charge on any atom is 0.254 e. The van der Waals surface area contributed by atoms with Crippen molar-refractivity contribution in [1.82, 2.24) is 14.4 Å². The molecule has 28 heavy (non-hydrogen) atoms. The first-order valence-corrected chi connectivity index (χ1v) is 9.74. The van der Waals surface area contributed by atoms with Crippen molar-refractivity contribution in [3.05, 3.63) is 59.7 Å². The fourth-order valence-corrected chi connectivity index (χ4v) is 3.14. The molecule has 0 spiro atoms. The molecule has 2 aromatic rings. The number of halogens is 1. The number of nitrogens with zero attached hydrogens (tertiary/aromatic N) is 3. The zero-order chi connectivity index (χ0) is 20.7. The summed E-state index contributed by atoms with van der Waals surface area (Å²) in [6.45, 7) is 7.61. The lowest BCUT2D eigenvalue weighted by Crippen LogP contribution is -2.44. The number of hydrogen-bond donors (Lipinski definition) is 0. The van der Waals surface area contributed by atoms with Crippen LogP contribution in [-0.4, -0.2) is 45.8 Å². The minimum atomic E-state index is -0.459. The van der Waals surface area contributed by atoms with Gasteiger partial charge in [0.1, 0.15) is 12.4 Å². The van der Waals surface area contributed by atoms with E-state index in [0.29, 0.717) is 25.6 Å². The standard InChI is InChI=1S/C22H30FN3O2/c1-5-11-25(22(28)18-8-6-9-19(23)13-18)16-21(27)26(14-17(2)3)15-20-10-7-12-24(20)4/h6-10,12-13,17H,5,11,14-16H2,1-4H3.